The molecule has 0 saturated heterocycles. The third-order valence-electron chi connectivity index (χ3n) is 3.24. The summed E-state index contributed by atoms with van der Waals surface area (Å²) in [6, 6.07) is 8.96. The highest BCUT2D eigenvalue weighted by molar-refractivity contribution is 6.31. The molecule has 0 aliphatic rings. The van der Waals surface area contributed by atoms with Crippen LogP contribution in [0.2, 0.25) is 5.02 Å². The van der Waals surface area contributed by atoms with Gasteiger partial charge in [0.1, 0.15) is 0 Å². The molecular weight excluding hydrogens is 272 g/mol. The molecule has 0 aliphatic carbocycles. The number of amides is 1. The number of benzene rings is 2. The molecule has 2 rings (SSSR count). The molecule has 0 fully saturated rings. The number of nitrogens with two attached hydrogens (primary N) is 1. The number of carbonyl (C=O) groups is 1. The van der Waals surface area contributed by atoms with Crippen LogP contribution >= 0.6 is 11.6 Å². The minimum Gasteiger partial charge on any atom is -0.399 e. The van der Waals surface area contributed by atoms with E-state index in [1.165, 1.54) is 0 Å². The Bertz CT molecular complexity index is 657. The van der Waals surface area contributed by atoms with Gasteiger partial charge in [0.05, 0.1) is 0 Å². The molecule has 2 aromatic carbocycles. The molecule has 0 atom stereocenters. The first-order chi connectivity index (χ1) is 9.38. The largest absolute Gasteiger partial charge is 0.399 e. The summed E-state index contributed by atoms with van der Waals surface area (Å²) in [7, 11) is 0. The van der Waals surface area contributed by atoms with E-state index in [1.54, 1.807) is 12.1 Å². The molecule has 0 bridgehead atoms. The predicted molar refractivity (Wildman–Crippen MR) is 84.5 cm³/mol. The number of hydrogen-bond acceptors (Lipinski definition) is 2. The first-order valence-electron chi connectivity index (χ1n) is 6.32. The Labute approximate surface area is 123 Å². The zero-order chi connectivity index (χ0) is 14.9. The van der Waals surface area contributed by atoms with Gasteiger partial charge in [-0.2, -0.15) is 0 Å². The van der Waals surface area contributed by atoms with Crippen molar-refractivity contribution < 1.29 is 4.79 Å². The molecule has 0 saturated carbocycles. The lowest BCUT2D eigenvalue weighted by Gasteiger charge is -2.14. The average molecular weight is 289 g/mol. The highest BCUT2D eigenvalue weighted by Crippen LogP contribution is 2.25. The van der Waals surface area contributed by atoms with Crippen LogP contribution in [0.1, 0.15) is 27.0 Å². The number of halogens is 1. The van der Waals surface area contributed by atoms with E-state index in [0.29, 0.717) is 16.3 Å². The SMILES string of the molecule is Cc1ccc(Cl)cc1C(=O)Nc1c(C)cc(N)cc1C. The van der Waals surface area contributed by atoms with Gasteiger partial charge in [0.25, 0.3) is 5.91 Å². The van der Waals surface area contributed by atoms with Crippen LogP contribution in [-0.4, -0.2) is 5.91 Å². The van der Waals surface area contributed by atoms with E-state index in [-0.39, 0.29) is 5.91 Å². The molecule has 4 heteroatoms. The number of carbonyl (C=O) groups excluding carboxylic acids is 1. The summed E-state index contributed by atoms with van der Waals surface area (Å²) in [6.45, 7) is 5.72. The fourth-order valence-corrected chi connectivity index (χ4v) is 2.39. The molecule has 20 heavy (non-hydrogen) atoms. The van der Waals surface area contributed by atoms with Crippen molar-refractivity contribution in [2.45, 2.75) is 20.8 Å². The van der Waals surface area contributed by atoms with E-state index in [1.807, 2.05) is 39.0 Å². The van der Waals surface area contributed by atoms with Gasteiger partial charge >= 0.3 is 0 Å². The number of anilines is 2. The van der Waals surface area contributed by atoms with Crippen LogP contribution in [0.5, 0.6) is 0 Å². The Kier molecular flexibility index (Phi) is 4.00. The molecule has 1 amide bonds. The lowest BCUT2D eigenvalue weighted by molar-refractivity contribution is 0.102. The van der Waals surface area contributed by atoms with E-state index >= 15 is 0 Å². The van der Waals surface area contributed by atoms with Crippen molar-refractivity contribution in [3.8, 4) is 0 Å². The second kappa shape index (κ2) is 5.55. The first-order valence-corrected chi connectivity index (χ1v) is 6.70. The Morgan fingerprint density at radius 1 is 1.05 bits per heavy atom. The number of rotatable bonds is 2. The Hall–Kier alpha value is -2.00. The quantitative estimate of drug-likeness (QED) is 0.818. The summed E-state index contributed by atoms with van der Waals surface area (Å²) >= 11 is 5.95. The van der Waals surface area contributed by atoms with Crippen molar-refractivity contribution in [1.29, 1.82) is 0 Å². The zero-order valence-corrected chi connectivity index (χ0v) is 12.5. The van der Waals surface area contributed by atoms with Gasteiger partial charge in [0.15, 0.2) is 0 Å². The molecule has 3 N–H and O–H groups in total. The van der Waals surface area contributed by atoms with Gasteiger partial charge in [-0.3, -0.25) is 4.79 Å². The van der Waals surface area contributed by atoms with Crippen LogP contribution in [0.3, 0.4) is 0 Å². The van der Waals surface area contributed by atoms with Crippen molar-refractivity contribution in [3.05, 3.63) is 57.6 Å². The van der Waals surface area contributed by atoms with Crippen LogP contribution in [0, 0.1) is 20.8 Å². The predicted octanol–water partition coefficient (Wildman–Crippen LogP) is 4.10. The van der Waals surface area contributed by atoms with Gasteiger partial charge in [-0.1, -0.05) is 17.7 Å². The maximum Gasteiger partial charge on any atom is 0.255 e. The highest BCUT2D eigenvalue weighted by Gasteiger charge is 2.13. The van der Waals surface area contributed by atoms with Crippen molar-refractivity contribution in [1.82, 2.24) is 0 Å². The van der Waals surface area contributed by atoms with Crippen LogP contribution < -0.4 is 11.1 Å². The summed E-state index contributed by atoms with van der Waals surface area (Å²) in [5.41, 5.74) is 10.6. The third kappa shape index (κ3) is 2.94. The number of nitrogens with one attached hydrogen (secondary N) is 1. The summed E-state index contributed by atoms with van der Waals surface area (Å²) in [5.74, 6) is -0.166. The maximum absolute atomic E-state index is 12.4. The van der Waals surface area contributed by atoms with Crippen molar-refractivity contribution in [2.75, 3.05) is 11.1 Å². The van der Waals surface area contributed by atoms with Crippen molar-refractivity contribution in [3.63, 3.8) is 0 Å². The number of aryl methyl sites for hydroxylation is 3. The normalized spacial score (nSPS) is 10.4. The summed E-state index contributed by atoms with van der Waals surface area (Å²) in [5, 5.41) is 3.48. The van der Waals surface area contributed by atoms with E-state index in [0.717, 1.165) is 22.4 Å². The van der Waals surface area contributed by atoms with Gasteiger partial charge in [-0.15, -0.1) is 0 Å². The Morgan fingerprint density at radius 2 is 1.65 bits per heavy atom. The van der Waals surface area contributed by atoms with E-state index in [9.17, 15) is 4.79 Å². The summed E-state index contributed by atoms with van der Waals surface area (Å²) < 4.78 is 0. The summed E-state index contributed by atoms with van der Waals surface area (Å²) in [4.78, 5) is 12.4. The topological polar surface area (TPSA) is 55.1 Å². The first kappa shape index (κ1) is 14.4. The van der Waals surface area contributed by atoms with Gasteiger partial charge in [0.2, 0.25) is 0 Å². The molecular formula is C16H17ClN2O. The van der Waals surface area contributed by atoms with Crippen LogP contribution in [0.25, 0.3) is 0 Å². The molecule has 104 valence electrons. The fourth-order valence-electron chi connectivity index (χ4n) is 2.21. The fraction of sp³-hybridized carbons (Fsp3) is 0.188. The van der Waals surface area contributed by atoms with Crippen LogP contribution in [0.4, 0.5) is 11.4 Å². The van der Waals surface area contributed by atoms with Crippen molar-refractivity contribution >= 4 is 28.9 Å². The highest BCUT2D eigenvalue weighted by atomic mass is 35.5. The standard InChI is InChI=1S/C16H17ClN2O/c1-9-4-5-12(17)8-14(9)16(20)19-15-10(2)6-13(18)7-11(15)3/h4-8H,18H2,1-3H3,(H,19,20). The lowest BCUT2D eigenvalue weighted by atomic mass is 10.1. The lowest BCUT2D eigenvalue weighted by Crippen LogP contribution is -2.15. The second-order valence-electron chi connectivity index (χ2n) is 4.94. The van der Waals surface area contributed by atoms with E-state index < -0.39 is 0 Å². The van der Waals surface area contributed by atoms with Gasteiger partial charge in [-0.25, -0.2) is 0 Å². The van der Waals surface area contributed by atoms with E-state index in [4.69, 9.17) is 17.3 Å². The van der Waals surface area contributed by atoms with Gasteiger partial charge in [0, 0.05) is 22.0 Å². The molecule has 0 spiro atoms. The molecule has 0 heterocycles. The van der Waals surface area contributed by atoms with Gasteiger partial charge < -0.3 is 11.1 Å². The maximum atomic E-state index is 12.4. The average Bonchev–Trinajstić information content (AvgIpc) is 2.36. The van der Waals surface area contributed by atoms with Crippen molar-refractivity contribution in [2.24, 2.45) is 0 Å². The molecule has 0 radical (unpaired) electrons. The molecule has 0 aromatic heterocycles. The minimum atomic E-state index is -0.166. The zero-order valence-electron chi connectivity index (χ0n) is 11.8. The van der Waals surface area contributed by atoms with E-state index in [2.05, 4.69) is 5.32 Å². The van der Waals surface area contributed by atoms with Gasteiger partial charge in [-0.05, 0) is 61.7 Å². The third-order valence-corrected chi connectivity index (χ3v) is 3.47. The molecule has 0 aliphatic heterocycles. The minimum absolute atomic E-state index is 0.166. The number of nitrogen functional groups attached to an aromatic ring is 1. The molecule has 0 unspecified atom stereocenters. The van der Waals surface area contributed by atoms with Crippen LogP contribution in [0.15, 0.2) is 30.3 Å². The summed E-state index contributed by atoms with van der Waals surface area (Å²) in [6.07, 6.45) is 0. The monoisotopic (exact) mass is 288 g/mol. The Balaban J connectivity index is 2.35. The Morgan fingerprint density at radius 3 is 2.25 bits per heavy atom. The second-order valence-corrected chi connectivity index (χ2v) is 5.38. The molecule has 3 nitrogen and oxygen atoms in total. The molecule has 2 aromatic rings. The number of hydrogen-bond donors (Lipinski definition) is 2. The van der Waals surface area contributed by atoms with Crippen LogP contribution in [-0.2, 0) is 0 Å². The smallest absolute Gasteiger partial charge is 0.255 e.